The standard InChI is InChI=1S/C13H12IN5O3/c1-3-22-12(20)7-4-16-19(6-7)13-17-9-8(5-15-10(9)14)11(18-13)21-2/h4,6H,3,5H2,1-2H3. The van der Waals surface area contributed by atoms with Crippen molar-refractivity contribution in [2.45, 2.75) is 13.5 Å². The average molecular weight is 413 g/mol. The summed E-state index contributed by atoms with van der Waals surface area (Å²) in [6.45, 7) is 2.56. The van der Waals surface area contributed by atoms with Crippen LogP contribution < -0.4 is 4.74 Å². The van der Waals surface area contributed by atoms with Crippen LogP contribution in [0.3, 0.4) is 0 Å². The minimum absolute atomic E-state index is 0.307. The highest BCUT2D eigenvalue weighted by molar-refractivity contribution is 14.1. The van der Waals surface area contributed by atoms with E-state index in [1.54, 1.807) is 14.0 Å². The normalized spacial score (nSPS) is 12.8. The van der Waals surface area contributed by atoms with Crippen LogP contribution in [0.2, 0.25) is 0 Å². The molecule has 0 fully saturated rings. The van der Waals surface area contributed by atoms with E-state index in [1.807, 2.05) is 0 Å². The first-order chi connectivity index (χ1) is 10.6. The first kappa shape index (κ1) is 14.9. The molecule has 1 aliphatic rings. The number of ether oxygens (including phenoxy) is 2. The van der Waals surface area contributed by atoms with Gasteiger partial charge in [-0.2, -0.15) is 10.1 Å². The van der Waals surface area contributed by atoms with Crippen molar-refractivity contribution in [3.63, 3.8) is 0 Å². The Bertz CT molecular complexity index is 771. The Morgan fingerprint density at radius 3 is 3.00 bits per heavy atom. The molecule has 2 aromatic rings. The molecule has 3 heterocycles. The monoisotopic (exact) mass is 413 g/mol. The first-order valence-electron chi connectivity index (χ1n) is 6.51. The maximum Gasteiger partial charge on any atom is 0.341 e. The Hall–Kier alpha value is -2.04. The predicted molar refractivity (Wildman–Crippen MR) is 85.9 cm³/mol. The van der Waals surface area contributed by atoms with Crippen LogP contribution in [0.5, 0.6) is 5.88 Å². The quantitative estimate of drug-likeness (QED) is 0.558. The summed E-state index contributed by atoms with van der Waals surface area (Å²) in [6, 6.07) is 0. The molecular formula is C13H12IN5O3. The van der Waals surface area contributed by atoms with Crippen LogP contribution in [0.15, 0.2) is 17.4 Å². The Kier molecular flexibility index (Phi) is 4.05. The number of hydrogen-bond acceptors (Lipinski definition) is 7. The molecule has 0 N–H and O–H groups in total. The van der Waals surface area contributed by atoms with Crippen molar-refractivity contribution in [3.05, 3.63) is 29.2 Å². The molecule has 114 valence electrons. The van der Waals surface area contributed by atoms with Gasteiger partial charge in [-0.25, -0.2) is 14.5 Å². The molecule has 22 heavy (non-hydrogen) atoms. The van der Waals surface area contributed by atoms with E-state index >= 15 is 0 Å². The lowest BCUT2D eigenvalue weighted by Crippen LogP contribution is -2.09. The zero-order chi connectivity index (χ0) is 15.7. The van der Waals surface area contributed by atoms with Gasteiger partial charge < -0.3 is 9.47 Å². The number of esters is 1. The predicted octanol–water partition coefficient (Wildman–Crippen LogP) is 1.54. The summed E-state index contributed by atoms with van der Waals surface area (Å²) < 4.78 is 12.4. The smallest absolute Gasteiger partial charge is 0.341 e. The minimum atomic E-state index is -0.432. The van der Waals surface area contributed by atoms with Crippen LogP contribution in [0.25, 0.3) is 5.95 Å². The number of rotatable bonds is 4. The lowest BCUT2D eigenvalue weighted by molar-refractivity contribution is 0.0526. The summed E-state index contributed by atoms with van der Waals surface area (Å²) in [7, 11) is 1.55. The van der Waals surface area contributed by atoms with E-state index in [0.29, 0.717) is 30.5 Å². The number of aromatic nitrogens is 4. The molecular weight excluding hydrogens is 401 g/mol. The summed E-state index contributed by atoms with van der Waals surface area (Å²) in [6.07, 6.45) is 2.94. The maximum absolute atomic E-state index is 11.7. The molecule has 0 aromatic carbocycles. The van der Waals surface area contributed by atoms with Crippen LogP contribution in [0.4, 0.5) is 0 Å². The number of carbonyl (C=O) groups excluding carboxylic acids is 1. The highest BCUT2D eigenvalue weighted by atomic mass is 127. The molecule has 9 heteroatoms. The van der Waals surface area contributed by atoms with Crippen molar-refractivity contribution >= 4 is 32.3 Å². The number of halogens is 1. The van der Waals surface area contributed by atoms with Gasteiger partial charge in [-0.15, -0.1) is 0 Å². The number of aliphatic imine (C=N–C) groups is 1. The Morgan fingerprint density at radius 2 is 2.27 bits per heavy atom. The topological polar surface area (TPSA) is 91.5 Å². The molecule has 0 bridgehead atoms. The van der Waals surface area contributed by atoms with Gasteiger partial charge in [0.2, 0.25) is 5.88 Å². The summed E-state index contributed by atoms with van der Waals surface area (Å²) in [5, 5.41) is 4.11. The SMILES string of the molecule is CCOC(=O)c1cnn(-c2nc(OC)c3c(n2)C(I)=NC3)c1. The van der Waals surface area contributed by atoms with Crippen molar-refractivity contribution in [1.82, 2.24) is 19.7 Å². The number of nitrogens with zero attached hydrogens (tertiary/aromatic N) is 5. The van der Waals surface area contributed by atoms with Crippen LogP contribution in [0, 0.1) is 0 Å². The third kappa shape index (κ3) is 2.56. The molecule has 0 saturated heterocycles. The number of methoxy groups -OCH3 is 1. The van der Waals surface area contributed by atoms with Crippen molar-refractivity contribution < 1.29 is 14.3 Å². The summed E-state index contributed by atoms with van der Waals surface area (Å²) in [5.74, 6) is 0.346. The Balaban J connectivity index is 2.01. The van der Waals surface area contributed by atoms with E-state index in [1.165, 1.54) is 17.1 Å². The third-order valence-corrected chi connectivity index (χ3v) is 3.87. The second-order valence-corrected chi connectivity index (χ2v) is 5.38. The van der Waals surface area contributed by atoms with Gasteiger partial charge in [-0.05, 0) is 29.5 Å². The van der Waals surface area contributed by atoms with E-state index in [4.69, 9.17) is 9.47 Å². The largest absolute Gasteiger partial charge is 0.481 e. The van der Waals surface area contributed by atoms with Gasteiger partial charge in [0, 0.05) is 6.20 Å². The van der Waals surface area contributed by atoms with E-state index in [2.05, 4.69) is 42.6 Å². The molecule has 8 nitrogen and oxygen atoms in total. The van der Waals surface area contributed by atoms with Gasteiger partial charge in [0.25, 0.3) is 5.95 Å². The van der Waals surface area contributed by atoms with E-state index in [-0.39, 0.29) is 0 Å². The van der Waals surface area contributed by atoms with Gasteiger partial charge in [0.05, 0.1) is 37.6 Å². The van der Waals surface area contributed by atoms with Gasteiger partial charge in [0.1, 0.15) is 9.41 Å². The van der Waals surface area contributed by atoms with Gasteiger partial charge in [-0.1, -0.05) is 0 Å². The van der Waals surface area contributed by atoms with Crippen LogP contribution in [-0.4, -0.2) is 43.2 Å². The van der Waals surface area contributed by atoms with Crippen molar-refractivity contribution in [2.75, 3.05) is 13.7 Å². The second-order valence-electron chi connectivity index (χ2n) is 4.36. The molecule has 0 aliphatic carbocycles. The average Bonchev–Trinajstić information content (AvgIpc) is 3.14. The zero-order valence-corrected chi connectivity index (χ0v) is 14.1. The molecule has 2 aromatic heterocycles. The van der Waals surface area contributed by atoms with E-state index < -0.39 is 5.97 Å². The lowest BCUT2D eigenvalue weighted by Gasteiger charge is -2.08. The van der Waals surface area contributed by atoms with Gasteiger partial charge in [0.15, 0.2) is 0 Å². The first-order valence-corrected chi connectivity index (χ1v) is 7.59. The van der Waals surface area contributed by atoms with Gasteiger partial charge >= 0.3 is 5.97 Å². The van der Waals surface area contributed by atoms with Crippen molar-refractivity contribution in [2.24, 2.45) is 4.99 Å². The molecule has 0 unspecified atom stereocenters. The van der Waals surface area contributed by atoms with Crippen LogP contribution in [-0.2, 0) is 11.3 Å². The van der Waals surface area contributed by atoms with Gasteiger partial charge in [-0.3, -0.25) is 4.99 Å². The third-order valence-electron chi connectivity index (χ3n) is 3.02. The number of carbonyl (C=O) groups is 1. The molecule has 3 rings (SSSR count). The maximum atomic E-state index is 11.7. The summed E-state index contributed by atoms with van der Waals surface area (Å²) in [4.78, 5) is 24.8. The Labute approximate surface area is 139 Å². The fourth-order valence-corrected chi connectivity index (χ4v) is 2.63. The fourth-order valence-electron chi connectivity index (χ4n) is 2.01. The summed E-state index contributed by atoms with van der Waals surface area (Å²) >= 11 is 2.12. The molecule has 0 saturated carbocycles. The van der Waals surface area contributed by atoms with Crippen LogP contribution in [0.1, 0.15) is 28.5 Å². The number of fused-ring (bicyclic) bond motifs is 1. The van der Waals surface area contributed by atoms with Crippen LogP contribution >= 0.6 is 22.6 Å². The highest BCUT2D eigenvalue weighted by Crippen LogP contribution is 2.28. The summed E-state index contributed by atoms with van der Waals surface area (Å²) in [5.41, 5.74) is 1.93. The Morgan fingerprint density at radius 1 is 1.45 bits per heavy atom. The highest BCUT2D eigenvalue weighted by Gasteiger charge is 2.23. The second kappa shape index (κ2) is 5.99. The van der Waals surface area contributed by atoms with E-state index in [9.17, 15) is 4.79 Å². The number of hydrogen-bond donors (Lipinski definition) is 0. The molecule has 0 atom stereocenters. The lowest BCUT2D eigenvalue weighted by atomic mass is 10.2. The molecule has 0 amide bonds. The zero-order valence-electron chi connectivity index (χ0n) is 11.9. The minimum Gasteiger partial charge on any atom is -0.481 e. The molecule has 0 radical (unpaired) electrons. The van der Waals surface area contributed by atoms with Crippen molar-refractivity contribution in [3.8, 4) is 11.8 Å². The fraction of sp³-hybridized carbons (Fsp3) is 0.308. The molecule has 1 aliphatic heterocycles. The molecule has 0 spiro atoms. The van der Waals surface area contributed by atoms with E-state index in [0.717, 1.165) is 15.0 Å². The van der Waals surface area contributed by atoms with Crippen molar-refractivity contribution in [1.29, 1.82) is 0 Å².